The van der Waals surface area contributed by atoms with Crippen molar-refractivity contribution in [2.75, 3.05) is 33.9 Å². The molecule has 0 saturated carbocycles. The highest BCUT2D eigenvalue weighted by molar-refractivity contribution is 5.76. The zero-order valence-electron chi connectivity index (χ0n) is 19.1. The molecule has 1 aromatic rings. The average molecular weight is 434 g/mol. The molecule has 172 valence electrons. The molecule has 0 aliphatic carbocycles. The largest absolute Gasteiger partial charge is 0.493 e. The molecule has 31 heavy (non-hydrogen) atoms. The number of carbonyl (C=O) groups excluding carboxylic acids is 1. The monoisotopic (exact) mass is 433 g/mol. The van der Waals surface area contributed by atoms with E-state index in [-0.39, 0.29) is 24.8 Å². The third-order valence-corrected chi connectivity index (χ3v) is 6.55. The van der Waals surface area contributed by atoms with Crippen LogP contribution in [0.15, 0.2) is 12.1 Å². The van der Waals surface area contributed by atoms with E-state index in [1.54, 1.807) is 14.2 Å². The molecule has 7 nitrogen and oxygen atoms in total. The summed E-state index contributed by atoms with van der Waals surface area (Å²) >= 11 is 0. The number of methoxy groups -OCH3 is 2. The van der Waals surface area contributed by atoms with Gasteiger partial charge in [-0.1, -0.05) is 13.8 Å². The van der Waals surface area contributed by atoms with Crippen LogP contribution < -0.4 is 9.47 Å². The van der Waals surface area contributed by atoms with Crippen molar-refractivity contribution >= 4 is 11.9 Å². The highest BCUT2D eigenvalue weighted by Crippen LogP contribution is 2.45. The van der Waals surface area contributed by atoms with Crippen molar-refractivity contribution in [2.24, 2.45) is 17.8 Å². The van der Waals surface area contributed by atoms with Gasteiger partial charge in [0.15, 0.2) is 11.5 Å². The molecule has 1 saturated heterocycles. The van der Waals surface area contributed by atoms with E-state index in [9.17, 15) is 9.59 Å². The van der Waals surface area contributed by atoms with E-state index >= 15 is 0 Å². The second-order valence-corrected chi connectivity index (χ2v) is 9.13. The van der Waals surface area contributed by atoms with E-state index in [0.717, 1.165) is 43.9 Å². The van der Waals surface area contributed by atoms with Crippen LogP contribution in [0.4, 0.5) is 0 Å². The van der Waals surface area contributed by atoms with Gasteiger partial charge >= 0.3 is 11.9 Å². The minimum Gasteiger partial charge on any atom is -0.493 e. The quantitative estimate of drug-likeness (QED) is 0.595. The lowest BCUT2D eigenvalue weighted by Crippen LogP contribution is -2.47. The van der Waals surface area contributed by atoms with Gasteiger partial charge in [0, 0.05) is 19.1 Å². The van der Waals surface area contributed by atoms with Gasteiger partial charge in [0.25, 0.3) is 0 Å². The first-order chi connectivity index (χ1) is 14.8. The lowest BCUT2D eigenvalue weighted by molar-refractivity contribution is -0.150. The fourth-order valence-corrected chi connectivity index (χ4v) is 5.06. The summed E-state index contributed by atoms with van der Waals surface area (Å²) < 4.78 is 16.6. The van der Waals surface area contributed by atoms with Crippen molar-refractivity contribution in [1.82, 2.24) is 4.90 Å². The maximum atomic E-state index is 12.0. The second kappa shape index (κ2) is 10.4. The van der Waals surface area contributed by atoms with E-state index < -0.39 is 11.9 Å². The van der Waals surface area contributed by atoms with Crippen LogP contribution in [0.2, 0.25) is 0 Å². The Morgan fingerprint density at radius 1 is 1.13 bits per heavy atom. The summed E-state index contributed by atoms with van der Waals surface area (Å²) in [5.74, 6) is 1.35. The number of rotatable bonds is 9. The number of ether oxygens (including phenoxy) is 3. The van der Waals surface area contributed by atoms with Crippen LogP contribution >= 0.6 is 0 Å². The molecule has 0 bridgehead atoms. The normalized spacial score (nSPS) is 23.1. The smallest absolute Gasteiger partial charge is 0.306 e. The molecule has 3 atom stereocenters. The Labute approximate surface area is 184 Å². The van der Waals surface area contributed by atoms with Gasteiger partial charge in [-0.15, -0.1) is 0 Å². The SMILES string of the molecule is COc1cc2c(cc1OC)C1CC(COC(=O)CCC(=O)O)C(CC(C)C)CN1CC2. The predicted molar refractivity (Wildman–Crippen MR) is 116 cm³/mol. The molecule has 3 rings (SSSR count). The molecule has 7 heteroatoms. The third-order valence-electron chi connectivity index (χ3n) is 6.55. The maximum Gasteiger partial charge on any atom is 0.306 e. The number of hydrogen-bond donors (Lipinski definition) is 1. The van der Waals surface area contributed by atoms with Crippen molar-refractivity contribution in [3.8, 4) is 11.5 Å². The highest BCUT2D eigenvalue weighted by Gasteiger charge is 2.40. The van der Waals surface area contributed by atoms with Crippen LogP contribution in [-0.2, 0) is 20.7 Å². The number of esters is 1. The van der Waals surface area contributed by atoms with Gasteiger partial charge in [-0.25, -0.2) is 0 Å². The maximum absolute atomic E-state index is 12.0. The first-order valence-electron chi connectivity index (χ1n) is 11.2. The van der Waals surface area contributed by atoms with Gasteiger partial charge in [-0.05, 0) is 60.3 Å². The number of nitrogens with zero attached hydrogens (tertiary/aromatic N) is 1. The Bertz CT molecular complexity index is 793. The molecular weight excluding hydrogens is 398 g/mol. The molecule has 2 aliphatic rings. The van der Waals surface area contributed by atoms with Crippen molar-refractivity contribution in [1.29, 1.82) is 0 Å². The summed E-state index contributed by atoms with van der Waals surface area (Å²) in [6.07, 6.45) is 2.71. The van der Waals surface area contributed by atoms with Crippen LogP contribution in [0.1, 0.15) is 56.7 Å². The average Bonchev–Trinajstić information content (AvgIpc) is 2.74. The number of aliphatic carboxylic acids is 1. The molecule has 1 N–H and O–H groups in total. The number of carbonyl (C=O) groups is 2. The molecule has 0 aromatic heterocycles. The summed E-state index contributed by atoms with van der Waals surface area (Å²) in [5, 5.41) is 8.79. The van der Waals surface area contributed by atoms with Gasteiger partial charge in [0.2, 0.25) is 0 Å². The molecule has 0 amide bonds. The molecule has 0 radical (unpaired) electrons. The fraction of sp³-hybridized carbons (Fsp3) is 0.667. The second-order valence-electron chi connectivity index (χ2n) is 9.13. The fourth-order valence-electron chi connectivity index (χ4n) is 5.06. The summed E-state index contributed by atoms with van der Waals surface area (Å²) in [5.41, 5.74) is 2.56. The number of piperidine rings is 1. The molecular formula is C24H35NO6. The molecule has 2 heterocycles. The van der Waals surface area contributed by atoms with Gasteiger partial charge in [0.1, 0.15) is 0 Å². The van der Waals surface area contributed by atoms with Crippen LogP contribution in [-0.4, -0.2) is 55.9 Å². The summed E-state index contributed by atoms with van der Waals surface area (Å²) in [6.45, 7) is 6.79. The Balaban J connectivity index is 1.78. The first-order valence-corrected chi connectivity index (χ1v) is 11.2. The summed E-state index contributed by atoms with van der Waals surface area (Å²) in [6, 6.07) is 4.45. The highest BCUT2D eigenvalue weighted by atomic mass is 16.5. The van der Waals surface area contributed by atoms with E-state index in [2.05, 4.69) is 30.9 Å². The van der Waals surface area contributed by atoms with E-state index in [1.807, 2.05) is 0 Å². The zero-order chi connectivity index (χ0) is 22.5. The Morgan fingerprint density at radius 2 is 1.84 bits per heavy atom. The van der Waals surface area contributed by atoms with Crippen molar-refractivity contribution in [2.45, 2.75) is 52.0 Å². The van der Waals surface area contributed by atoms with Gasteiger partial charge in [-0.3, -0.25) is 14.5 Å². The minimum atomic E-state index is -0.980. The first kappa shape index (κ1) is 23.4. The lowest BCUT2D eigenvalue weighted by Gasteiger charge is -2.47. The molecule has 3 unspecified atom stereocenters. The Morgan fingerprint density at radius 3 is 2.48 bits per heavy atom. The predicted octanol–water partition coefficient (Wildman–Crippen LogP) is 3.69. The summed E-state index contributed by atoms with van der Waals surface area (Å²) in [7, 11) is 3.31. The Hall–Kier alpha value is -2.28. The van der Waals surface area contributed by atoms with Crippen molar-refractivity contribution < 1.29 is 28.9 Å². The number of fused-ring (bicyclic) bond motifs is 3. The van der Waals surface area contributed by atoms with E-state index in [1.165, 1.54) is 11.1 Å². The van der Waals surface area contributed by atoms with Crippen LogP contribution in [0.3, 0.4) is 0 Å². The molecule has 1 aromatic carbocycles. The topological polar surface area (TPSA) is 85.3 Å². The number of carboxylic acid groups (broad SMARTS) is 1. The lowest BCUT2D eigenvalue weighted by atomic mass is 9.74. The Kier molecular flexibility index (Phi) is 7.81. The van der Waals surface area contributed by atoms with Crippen LogP contribution in [0.5, 0.6) is 11.5 Å². The molecule has 2 aliphatic heterocycles. The third kappa shape index (κ3) is 5.70. The number of carboxylic acids is 1. The van der Waals surface area contributed by atoms with Crippen molar-refractivity contribution in [3.05, 3.63) is 23.3 Å². The number of benzene rings is 1. The van der Waals surface area contributed by atoms with Crippen LogP contribution in [0, 0.1) is 17.8 Å². The number of hydrogen-bond acceptors (Lipinski definition) is 6. The van der Waals surface area contributed by atoms with Gasteiger partial charge in [-0.2, -0.15) is 0 Å². The van der Waals surface area contributed by atoms with Gasteiger partial charge in [0.05, 0.1) is 33.7 Å². The standard InChI is InChI=1S/C24H35NO6/c1-15(2)9-17-13-25-8-7-16-11-21(29-3)22(30-4)12-19(16)20(25)10-18(17)14-31-24(28)6-5-23(26)27/h11-12,15,17-18,20H,5-10,13-14H2,1-4H3,(H,26,27). The zero-order valence-corrected chi connectivity index (χ0v) is 19.1. The molecule has 0 spiro atoms. The van der Waals surface area contributed by atoms with Crippen molar-refractivity contribution in [3.63, 3.8) is 0 Å². The van der Waals surface area contributed by atoms with E-state index in [0.29, 0.717) is 18.4 Å². The van der Waals surface area contributed by atoms with Crippen LogP contribution in [0.25, 0.3) is 0 Å². The summed E-state index contributed by atoms with van der Waals surface area (Å²) in [4.78, 5) is 25.3. The molecule has 1 fully saturated rings. The minimum absolute atomic E-state index is 0.0771. The van der Waals surface area contributed by atoms with E-state index in [4.69, 9.17) is 19.3 Å². The van der Waals surface area contributed by atoms with Gasteiger partial charge < -0.3 is 19.3 Å².